The van der Waals surface area contributed by atoms with Crippen LogP contribution in [-0.2, 0) is 0 Å². The van der Waals surface area contributed by atoms with Crippen LogP contribution in [0.5, 0.6) is 0 Å². The summed E-state index contributed by atoms with van der Waals surface area (Å²) in [5.41, 5.74) is 0. The Morgan fingerprint density at radius 3 is 1.17 bits per heavy atom. The van der Waals surface area contributed by atoms with Crippen LogP contribution in [0.1, 0.15) is 0 Å². The fourth-order valence-electron chi connectivity index (χ4n) is 0. The molecule has 0 spiro atoms. The fourth-order valence-corrected chi connectivity index (χ4v) is 0. The SMILES string of the molecule is CBr.ClC(Cl)Cl. The van der Waals surface area contributed by atoms with E-state index in [4.69, 9.17) is 34.8 Å². The standard InChI is InChI=1S/CH3Br.CHCl3/c1-2;2-1(3)4/h1H3;1H. The number of hydrogen-bond donors (Lipinski definition) is 0. The van der Waals surface area contributed by atoms with E-state index in [1.54, 1.807) is 0 Å². The topological polar surface area (TPSA) is 0 Å². The highest BCUT2D eigenvalue weighted by atomic mass is 79.9. The van der Waals surface area contributed by atoms with Crippen LogP contribution in [-0.4, -0.2) is 10.1 Å². The summed E-state index contributed by atoms with van der Waals surface area (Å²) in [5, 5.41) is 0. The van der Waals surface area contributed by atoms with E-state index in [0.717, 1.165) is 0 Å². The minimum atomic E-state index is -0.750. The van der Waals surface area contributed by atoms with Crippen LogP contribution in [0.4, 0.5) is 0 Å². The van der Waals surface area contributed by atoms with Gasteiger partial charge in [0, 0.05) is 0 Å². The largest absolute Gasteiger partial charge is 0.180 e. The van der Waals surface area contributed by atoms with Gasteiger partial charge >= 0.3 is 0 Å². The molecule has 0 aromatic carbocycles. The summed E-state index contributed by atoms with van der Waals surface area (Å²) < 4.78 is -0.750. The van der Waals surface area contributed by atoms with Crippen molar-refractivity contribution in [3.05, 3.63) is 0 Å². The van der Waals surface area contributed by atoms with Gasteiger partial charge in [-0.2, -0.15) is 0 Å². The van der Waals surface area contributed by atoms with Gasteiger partial charge in [0.15, 0.2) is 4.30 Å². The summed E-state index contributed by atoms with van der Waals surface area (Å²) in [5.74, 6) is 1.81. The molecular formula is C2H4BrCl3. The van der Waals surface area contributed by atoms with Gasteiger partial charge in [-0.15, -0.1) is 0 Å². The first kappa shape index (κ1) is 10.4. The number of halogens is 4. The third kappa shape index (κ3) is 55.5. The van der Waals surface area contributed by atoms with Crippen LogP contribution in [0, 0.1) is 0 Å². The van der Waals surface area contributed by atoms with E-state index in [1.807, 2.05) is 5.83 Å². The van der Waals surface area contributed by atoms with Crippen LogP contribution < -0.4 is 0 Å². The highest BCUT2D eigenvalue weighted by Gasteiger charge is 1.78. The quantitative estimate of drug-likeness (QED) is 0.544. The van der Waals surface area contributed by atoms with Crippen molar-refractivity contribution in [2.24, 2.45) is 0 Å². The Kier molecular flexibility index (Phi) is 16.6. The summed E-state index contributed by atoms with van der Waals surface area (Å²) in [4.78, 5) is 0. The van der Waals surface area contributed by atoms with Gasteiger partial charge in [-0.25, -0.2) is 0 Å². The lowest BCUT2D eigenvalue weighted by Gasteiger charge is -1.69. The average molecular weight is 214 g/mol. The monoisotopic (exact) mass is 212 g/mol. The Morgan fingerprint density at radius 1 is 1.17 bits per heavy atom. The van der Waals surface area contributed by atoms with Crippen molar-refractivity contribution in [2.75, 3.05) is 5.83 Å². The zero-order valence-electron chi connectivity index (χ0n) is 3.09. The van der Waals surface area contributed by atoms with Gasteiger partial charge in [0.2, 0.25) is 0 Å². The normalized spacial score (nSPS) is 7.00. The molecule has 0 aromatic heterocycles. The molecule has 40 valence electrons. The van der Waals surface area contributed by atoms with Crippen molar-refractivity contribution >= 4 is 50.7 Å². The van der Waals surface area contributed by atoms with Crippen molar-refractivity contribution in [1.82, 2.24) is 0 Å². The lowest BCUT2D eigenvalue weighted by atomic mass is 11.9. The van der Waals surface area contributed by atoms with Crippen LogP contribution >= 0.6 is 50.7 Å². The highest BCUT2D eigenvalue weighted by Crippen LogP contribution is 2.03. The molecule has 0 aliphatic rings. The Bertz CT molecular complexity index is 13.5. The van der Waals surface area contributed by atoms with Crippen LogP contribution in [0.25, 0.3) is 0 Å². The molecule has 0 saturated heterocycles. The molecule has 0 nitrogen and oxygen atoms in total. The molecule has 0 amide bonds. The summed E-state index contributed by atoms with van der Waals surface area (Å²) in [6, 6.07) is 0. The predicted octanol–water partition coefficient (Wildman–Crippen LogP) is 3.00. The van der Waals surface area contributed by atoms with Gasteiger partial charge in [0.25, 0.3) is 0 Å². The van der Waals surface area contributed by atoms with Crippen LogP contribution in [0.15, 0.2) is 0 Å². The molecule has 4 heteroatoms. The third-order valence-corrected chi connectivity index (χ3v) is 0. The Labute approximate surface area is 60.9 Å². The van der Waals surface area contributed by atoms with Crippen molar-refractivity contribution in [2.45, 2.75) is 4.30 Å². The van der Waals surface area contributed by atoms with Gasteiger partial charge in [-0.05, 0) is 5.83 Å². The van der Waals surface area contributed by atoms with E-state index >= 15 is 0 Å². The number of hydrogen-bond acceptors (Lipinski definition) is 0. The molecule has 0 aliphatic heterocycles. The summed E-state index contributed by atoms with van der Waals surface area (Å²) >= 11 is 17.4. The van der Waals surface area contributed by atoms with E-state index in [9.17, 15) is 0 Å². The first-order valence-corrected chi connectivity index (χ1v) is 3.93. The van der Waals surface area contributed by atoms with E-state index in [-0.39, 0.29) is 0 Å². The molecule has 0 aromatic rings. The van der Waals surface area contributed by atoms with E-state index in [1.165, 1.54) is 0 Å². The van der Waals surface area contributed by atoms with Gasteiger partial charge in [-0.3, -0.25) is 0 Å². The van der Waals surface area contributed by atoms with Gasteiger partial charge < -0.3 is 0 Å². The minimum Gasteiger partial charge on any atom is -0.0966 e. The zero-order chi connectivity index (χ0) is 5.58. The Morgan fingerprint density at radius 2 is 1.17 bits per heavy atom. The Hall–Kier alpha value is 1.35. The molecule has 0 unspecified atom stereocenters. The minimum absolute atomic E-state index is 0.750. The predicted molar refractivity (Wildman–Crippen MR) is 36.2 cm³/mol. The van der Waals surface area contributed by atoms with Crippen molar-refractivity contribution in [3.8, 4) is 0 Å². The van der Waals surface area contributed by atoms with Gasteiger partial charge in [-0.1, -0.05) is 50.7 Å². The molecular weight excluding hydrogens is 210 g/mol. The molecule has 0 radical (unpaired) electrons. The molecule has 0 aliphatic carbocycles. The first-order chi connectivity index (χ1) is 2.73. The average Bonchev–Trinajstić information content (AvgIpc) is 1.41. The lowest BCUT2D eigenvalue weighted by molar-refractivity contribution is 1.96. The molecule has 0 heterocycles. The van der Waals surface area contributed by atoms with E-state index in [2.05, 4.69) is 15.9 Å². The maximum atomic E-state index is 4.81. The second kappa shape index (κ2) is 9.61. The highest BCUT2D eigenvalue weighted by molar-refractivity contribution is 9.08. The molecule has 6 heavy (non-hydrogen) atoms. The molecule has 0 saturated carbocycles. The molecule has 0 fully saturated rings. The molecule has 0 atom stereocenters. The second-order valence-corrected chi connectivity index (χ2v) is 2.23. The zero-order valence-corrected chi connectivity index (χ0v) is 6.94. The van der Waals surface area contributed by atoms with Crippen molar-refractivity contribution < 1.29 is 0 Å². The van der Waals surface area contributed by atoms with Crippen molar-refractivity contribution in [1.29, 1.82) is 0 Å². The molecule has 0 bridgehead atoms. The van der Waals surface area contributed by atoms with Gasteiger partial charge in [0.1, 0.15) is 0 Å². The molecule has 0 rings (SSSR count). The molecule has 0 N–H and O–H groups in total. The van der Waals surface area contributed by atoms with Crippen molar-refractivity contribution in [3.63, 3.8) is 0 Å². The summed E-state index contributed by atoms with van der Waals surface area (Å²) in [7, 11) is 0. The lowest BCUT2D eigenvalue weighted by Crippen LogP contribution is -1.55. The Balaban J connectivity index is 0. The van der Waals surface area contributed by atoms with Crippen LogP contribution in [0.2, 0.25) is 0 Å². The maximum Gasteiger partial charge on any atom is 0.180 e. The maximum absolute atomic E-state index is 4.81. The van der Waals surface area contributed by atoms with Gasteiger partial charge in [0.05, 0.1) is 0 Å². The first-order valence-electron chi connectivity index (χ1n) is 1.03. The second-order valence-electron chi connectivity index (χ2n) is 0.247. The van der Waals surface area contributed by atoms with E-state index < -0.39 is 4.30 Å². The smallest absolute Gasteiger partial charge is 0.0966 e. The number of rotatable bonds is 0. The van der Waals surface area contributed by atoms with Crippen LogP contribution in [0.3, 0.4) is 0 Å². The fraction of sp³-hybridized carbons (Fsp3) is 1.00. The third-order valence-electron chi connectivity index (χ3n) is 0. The summed E-state index contributed by atoms with van der Waals surface area (Å²) in [6.07, 6.45) is 0. The van der Waals surface area contributed by atoms with E-state index in [0.29, 0.717) is 0 Å². The summed E-state index contributed by atoms with van der Waals surface area (Å²) in [6.45, 7) is 0. The number of alkyl halides is 4.